The van der Waals surface area contributed by atoms with Crippen LogP contribution in [-0.4, -0.2) is 27.8 Å². The Hall–Kier alpha value is -3.15. The van der Waals surface area contributed by atoms with E-state index < -0.39 is 0 Å². The van der Waals surface area contributed by atoms with Crippen LogP contribution < -0.4 is 10.6 Å². The summed E-state index contributed by atoms with van der Waals surface area (Å²) in [6, 6.07) is 13.8. The molecule has 3 aromatic rings. The van der Waals surface area contributed by atoms with Gasteiger partial charge in [0, 0.05) is 28.8 Å². The number of nitrogens with zero attached hydrogens (tertiary/aromatic N) is 1. The number of anilines is 1. The molecule has 1 aromatic heterocycles. The standard InChI is InChI=1S/C28H32N4O2/c33-27(20-8-6-17-5-7-19(17)15-20)30-23-12-9-18(10-13-23)26-31-24-14-11-21(16-25(24)32-26)28(34)29-22-3-1-2-4-22/h9-14,16-17,19-20,22H,1-8,15H2,(H,29,34)(H,30,33)(H,31,32). The van der Waals surface area contributed by atoms with Gasteiger partial charge in [0.05, 0.1) is 11.0 Å². The molecule has 0 spiro atoms. The SMILES string of the molecule is O=C(NC1CCCC1)c1ccc2[nH]c(-c3ccc(NC(=O)C4CCC5CCC5C4)cc3)nc2c1. The zero-order valence-corrected chi connectivity index (χ0v) is 19.5. The van der Waals surface area contributed by atoms with Gasteiger partial charge in [-0.25, -0.2) is 4.98 Å². The average Bonchev–Trinajstić information content (AvgIpc) is 3.49. The van der Waals surface area contributed by atoms with E-state index >= 15 is 0 Å². The molecule has 3 aliphatic carbocycles. The highest BCUT2D eigenvalue weighted by atomic mass is 16.2. The summed E-state index contributed by atoms with van der Waals surface area (Å²) in [6.07, 6.45) is 10.5. The number of imidazole rings is 1. The number of carbonyl (C=O) groups is 2. The van der Waals surface area contributed by atoms with Gasteiger partial charge in [0.1, 0.15) is 5.82 Å². The van der Waals surface area contributed by atoms with Gasteiger partial charge in [-0.15, -0.1) is 0 Å². The largest absolute Gasteiger partial charge is 0.349 e. The number of benzene rings is 2. The van der Waals surface area contributed by atoms with Gasteiger partial charge >= 0.3 is 0 Å². The lowest BCUT2D eigenvalue weighted by Gasteiger charge is -2.43. The Morgan fingerprint density at radius 1 is 0.882 bits per heavy atom. The van der Waals surface area contributed by atoms with Crippen LogP contribution in [0.15, 0.2) is 42.5 Å². The number of amides is 2. The maximum absolute atomic E-state index is 12.7. The molecule has 6 heteroatoms. The number of hydrogen-bond donors (Lipinski definition) is 3. The summed E-state index contributed by atoms with van der Waals surface area (Å²) >= 11 is 0. The second-order valence-electron chi connectivity index (χ2n) is 10.4. The minimum Gasteiger partial charge on any atom is -0.349 e. The summed E-state index contributed by atoms with van der Waals surface area (Å²) in [4.78, 5) is 33.4. The van der Waals surface area contributed by atoms with Crippen LogP contribution in [0.3, 0.4) is 0 Å². The fourth-order valence-corrected chi connectivity index (χ4v) is 6.04. The van der Waals surface area contributed by atoms with Gasteiger partial charge in [0.15, 0.2) is 0 Å². The van der Waals surface area contributed by atoms with Crippen molar-refractivity contribution in [3.63, 3.8) is 0 Å². The molecule has 1 heterocycles. The zero-order chi connectivity index (χ0) is 23.1. The van der Waals surface area contributed by atoms with Crippen molar-refractivity contribution in [3.05, 3.63) is 48.0 Å². The van der Waals surface area contributed by atoms with Crippen LogP contribution in [0.2, 0.25) is 0 Å². The van der Waals surface area contributed by atoms with Crippen LogP contribution in [0.25, 0.3) is 22.4 Å². The maximum atomic E-state index is 12.7. The van der Waals surface area contributed by atoms with E-state index in [0.717, 1.165) is 65.6 Å². The lowest BCUT2D eigenvalue weighted by atomic mass is 9.62. The number of aromatic nitrogens is 2. The molecule has 2 amide bonds. The van der Waals surface area contributed by atoms with Crippen molar-refractivity contribution in [1.82, 2.24) is 15.3 Å². The molecule has 0 bridgehead atoms. The van der Waals surface area contributed by atoms with E-state index in [4.69, 9.17) is 4.98 Å². The molecular weight excluding hydrogens is 424 g/mol. The number of carbonyl (C=O) groups excluding carboxylic acids is 2. The van der Waals surface area contributed by atoms with Crippen LogP contribution in [0.1, 0.15) is 68.1 Å². The first kappa shape index (κ1) is 21.4. The van der Waals surface area contributed by atoms with Crippen LogP contribution in [0, 0.1) is 17.8 Å². The molecule has 34 heavy (non-hydrogen) atoms. The van der Waals surface area contributed by atoms with E-state index in [9.17, 15) is 9.59 Å². The minimum absolute atomic E-state index is 0.0239. The van der Waals surface area contributed by atoms with Gasteiger partial charge in [0.25, 0.3) is 5.91 Å². The Kier molecular flexibility index (Phi) is 5.60. The third kappa shape index (κ3) is 4.22. The maximum Gasteiger partial charge on any atom is 0.251 e. The highest BCUT2D eigenvalue weighted by Crippen LogP contribution is 2.47. The van der Waals surface area contributed by atoms with E-state index in [1.807, 2.05) is 42.5 Å². The highest BCUT2D eigenvalue weighted by molar-refractivity contribution is 5.98. The minimum atomic E-state index is -0.0239. The molecule has 3 atom stereocenters. The first-order chi connectivity index (χ1) is 16.6. The Morgan fingerprint density at radius 2 is 1.65 bits per heavy atom. The Labute approximate surface area is 199 Å². The van der Waals surface area contributed by atoms with Crippen LogP contribution >= 0.6 is 0 Å². The summed E-state index contributed by atoms with van der Waals surface area (Å²) in [7, 11) is 0. The van der Waals surface area contributed by atoms with Crippen molar-refractivity contribution in [1.29, 1.82) is 0 Å². The molecule has 0 aliphatic heterocycles. The average molecular weight is 457 g/mol. The summed E-state index contributed by atoms with van der Waals surface area (Å²) < 4.78 is 0. The lowest BCUT2D eigenvalue weighted by Crippen LogP contribution is -2.37. The van der Waals surface area contributed by atoms with E-state index in [2.05, 4.69) is 15.6 Å². The van der Waals surface area contributed by atoms with E-state index in [-0.39, 0.29) is 17.7 Å². The third-order valence-corrected chi connectivity index (χ3v) is 8.28. The molecule has 6 nitrogen and oxygen atoms in total. The molecule has 0 radical (unpaired) electrons. The lowest BCUT2D eigenvalue weighted by molar-refractivity contribution is -0.122. The molecule has 3 N–H and O–H groups in total. The Bertz CT molecular complexity index is 1210. The van der Waals surface area contributed by atoms with Crippen molar-refractivity contribution in [2.75, 3.05) is 5.32 Å². The number of hydrogen-bond acceptors (Lipinski definition) is 3. The van der Waals surface area contributed by atoms with E-state index in [1.54, 1.807) is 0 Å². The third-order valence-electron chi connectivity index (χ3n) is 8.28. The molecule has 176 valence electrons. The summed E-state index contributed by atoms with van der Waals surface area (Å²) in [5.74, 6) is 2.69. The predicted octanol–water partition coefficient (Wildman–Crippen LogP) is 5.67. The van der Waals surface area contributed by atoms with E-state index in [1.165, 1.54) is 32.1 Å². The normalized spacial score (nSPS) is 24.4. The number of nitrogens with one attached hydrogen (secondary N) is 3. The van der Waals surface area contributed by atoms with Gasteiger partial charge in [-0.1, -0.05) is 12.8 Å². The fraction of sp³-hybridized carbons (Fsp3) is 0.464. The second kappa shape index (κ2) is 8.90. The smallest absolute Gasteiger partial charge is 0.251 e. The number of H-pyrrole nitrogens is 1. The number of aromatic amines is 1. The van der Waals surface area contributed by atoms with Crippen molar-refractivity contribution in [2.24, 2.45) is 17.8 Å². The summed E-state index contributed by atoms with van der Waals surface area (Å²) in [5, 5.41) is 6.25. The van der Waals surface area contributed by atoms with Gasteiger partial charge in [-0.05, 0) is 99.2 Å². The van der Waals surface area contributed by atoms with Crippen LogP contribution in [-0.2, 0) is 4.79 Å². The van der Waals surface area contributed by atoms with Crippen LogP contribution in [0.5, 0.6) is 0 Å². The molecule has 3 unspecified atom stereocenters. The quantitative estimate of drug-likeness (QED) is 0.462. The molecule has 3 aliphatic rings. The van der Waals surface area contributed by atoms with E-state index in [0.29, 0.717) is 11.6 Å². The highest BCUT2D eigenvalue weighted by Gasteiger charge is 2.38. The second-order valence-corrected chi connectivity index (χ2v) is 10.4. The Morgan fingerprint density at radius 3 is 2.38 bits per heavy atom. The van der Waals surface area contributed by atoms with Gasteiger partial charge < -0.3 is 15.6 Å². The van der Waals surface area contributed by atoms with Crippen molar-refractivity contribution < 1.29 is 9.59 Å². The van der Waals surface area contributed by atoms with Crippen molar-refractivity contribution in [2.45, 2.75) is 63.8 Å². The Balaban J connectivity index is 1.12. The zero-order valence-electron chi connectivity index (χ0n) is 19.5. The molecular formula is C28H32N4O2. The molecule has 6 rings (SSSR count). The van der Waals surface area contributed by atoms with Crippen molar-refractivity contribution in [3.8, 4) is 11.4 Å². The molecule has 3 saturated carbocycles. The van der Waals surface area contributed by atoms with Crippen molar-refractivity contribution >= 4 is 28.5 Å². The summed E-state index contributed by atoms with van der Waals surface area (Å²) in [5.41, 5.74) is 4.09. The monoisotopic (exact) mass is 456 g/mol. The first-order valence-electron chi connectivity index (χ1n) is 12.8. The van der Waals surface area contributed by atoms with Gasteiger partial charge in [-0.3, -0.25) is 9.59 Å². The summed E-state index contributed by atoms with van der Waals surface area (Å²) in [6.45, 7) is 0. The topological polar surface area (TPSA) is 86.9 Å². The number of fused-ring (bicyclic) bond motifs is 2. The fourth-order valence-electron chi connectivity index (χ4n) is 6.04. The van der Waals surface area contributed by atoms with Gasteiger partial charge in [0.2, 0.25) is 5.91 Å². The molecule has 3 fully saturated rings. The van der Waals surface area contributed by atoms with Crippen LogP contribution in [0.4, 0.5) is 5.69 Å². The molecule has 2 aromatic carbocycles. The van der Waals surface area contributed by atoms with Gasteiger partial charge in [-0.2, -0.15) is 0 Å². The number of rotatable bonds is 5. The molecule has 0 saturated heterocycles. The first-order valence-corrected chi connectivity index (χ1v) is 12.8. The predicted molar refractivity (Wildman–Crippen MR) is 133 cm³/mol.